The third kappa shape index (κ3) is 2.76. The summed E-state index contributed by atoms with van der Waals surface area (Å²) in [5.41, 5.74) is -1.56. The molecular formula is C14H22O5. The van der Waals surface area contributed by atoms with E-state index in [4.69, 9.17) is 4.74 Å². The number of rotatable bonds is 6. The molecule has 0 bridgehead atoms. The van der Waals surface area contributed by atoms with Crippen LogP contribution in [-0.4, -0.2) is 35.4 Å². The molecule has 0 aromatic carbocycles. The minimum Gasteiger partial charge on any atom is -0.481 e. The lowest BCUT2D eigenvalue weighted by atomic mass is 9.86. The van der Waals surface area contributed by atoms with E-state index in [0.717, 1.165) is 25.7 Å². The highest BCUT2D eigenvalue weighted by molar-refractivity contribution is 5.76. The maximum Gasteiger partial charge on any atom is 0.311 e. The lowest BCUT2D eigenvalue weighted by Gasteiger charge is -2.28. The predicted molar refractivity (Wildman–Crippen MR) is 67.9 cm³/mol. The molecule has 5 nitrogen and oxygen atoms in total. The van der Waals surface area contributed by atoms with Crippen LogP contribution in [0, 0.1) is 10.8 Å². The van der Waals surface area contributed by atoms with E-state index >= 15 is 0 Å². The Labute approximate surface area is 112 Å². The Morgan fingerprint density at radius 1 is 0.789 bits per heavy atom. The Kier molecular flexibility index (Phi) is 4.13. The fraction of sp³-hybridized carbons (Fsp3) is 0.857. The van der Waals surface area contributed by atoms with E-state index in [1.807, 2.05) is 0 Å². The Balaban J connectivity index is 1.91. The minimum atomic E-state index is -0.805. The molecule has 0 aromatic rings. The monoisotopic (exact) mass is 270 g/mol. The van der Waals surface area contributed by atoms with Gasteiger partial charge in [-0.15, -0.1) is 0 Å². The summed E-state index contributed by atoms with van der Waals surface area (Å²) in [4.78, 5) is 22.7. The van der Waals surface area contributed by atoms with Gasteiger partial charge in [-0.1, -0.05) is 25.7 Å². The summed E-state index contributed by atoms with van der Waals surface area (Å²) >= 11 is 0. The Morgan fingerprint density at radius 3 is 1.37 bits per heavy atom. The van der Waals surface area contributed by atoms with Gasteiger partial charge in [-0.3, -0.25) is 9.59 Å². The van der Waals surface area contributed by atoms with Crippen molar-refractivity contribution in [1.29, 1.82) is 0 Å². The minimum absolute atomic E-state index is 0.150. The lowest BCUT2D eigenvalue weighted by molar-refractivity contribution is -0.158. The van der Waals surface area contributed by atoms with Crippen molar-refractivity contribution in [3.05, 3.63) is 0 Å². The number of ether oxygens (including phenoxy) is 1. The highest BCUT2D eigenvalue weighted by Gasteiger charge is 2.45. The van der Waals surface area contributed by atoms with E-state index in [1.54, 1.807) is 0 Å². The molecular weight excluding hydrogens is 248 g/mol. The molecule has 0 amide bonds. The summed E-state index contributed by atoms with van der Waals surface area (Å²) in [5, 5.41) is 18.7. The van der Waals surface area contributed by atoms with Crippen LogP contribution in [0.2, 0.25) is 0 Å². The van der Waals surface area contributed by atoms with Crippen LogP contribution in [0.5, 0.6) is 0 Å². The fourth-order valence-corrected chi connectivity index (χ4v) is 3.39. The van der Waals surface area contributed by atoms with Crippen LogP contribution in [-0.2, 0) is 14.3 Å². The molecule has 0 aliphatic heterocycles. The predicted octanol–water partition coefficient (Wildman–Crippen LogP) is 2.29. The van der Waals surface area contributed by atoms with Gasteiger partial charge in [0, 0.05) is 0 Å². The van der Waals surface area contributed by atoms with Gasteiger partial charge in [0.15, 0.2) is 0 Å². The van der Waals surface area contributed by atoms with E-state index in [1.165, 1.54) is 0 Å². The largest absolute Gasteiger partial charge is 0.481 e. The molecule has 2 aliphatic rings. The van der Waals surface area contributed by atoms with Crippen molar-refractivity contribution in [3.8, 4) is 0 Å². The molecule has 0 heterocycles. The summed E-state index contributed by atoms with van der Waals surface area (Å²) in [7, 11) is 0. The molecule has 2 N–H and O–H groups in total. The third-order valence-electron chi connectivity index (χ3n) is 4.79. The van der Waals surface area contributed by atoms with Crippen molar-refractivity contribution in [1.82, 2.24) is 0 Å². The molecule has 5 heteroatoms. The molecule has 0 radical (unpaired) electrons. The Morgan fingerprint density at radius 2 is 1.11 bits per heavy atom. The smallest absolute Gasteiger partial charge is 0.311 e. The maximum atomic E-state index is 11.4. The van der Waals surface area contributed by atoms with E-state index in [0.29, 0.717) is 25.7 Å². The number of carboxylic acids is 2. The van der Waals surface area contributed by atoms with Crippen LogP contribution in [0.4, 0.5) is 0 Å². The number of carbonyl (C=O) groups is 2. The van der Waals surface area contributed by atoms with Gasteiger partial charge in [0.2, 0.25) is 0 Å². The molecule has 2 aliphatic carbocycles. The number of aliphatic carboxylic acids is 2. The Hall–Kier alpha value is -1.10. The van der Waals surface area contributed by atoms with Gasteiger partial charge in [0.25, 0.3) is 0 Å². The second-order valence-electron chi connectivity index (χ2n) is 6.08. The standard InChI is InChI=1S/C14H22O5/c15-11(16)13(5-1-2-6-13)9-19-10-14(12(17)18)7-3-4-8-14/h1-10H2,(H,15,16)(H,17,18). The Bertz CT molecular complexity index is 317. The highest BCUT2D eigenvalue weighted by atomic mass is 16.5. The average molecular weight is 270 g/mol. The molecule has 2 rings (SSSR count). The van der Waals surface area contributed by atoms with Crippen LogP contribution in [0.15, 0.2) is 0 Å². The number of hydrogen-bond acceptors (Lipinski definition) is 3. The summed E-state index contributed by atoms with van der Waals surface area (Å²) in [5.74, 6) is -1.61. The molecule has 0 saturated heterocycles. The first kappa shape index (κ1) is 14.3. The van der Waals surface area contributed by atoms with E-state index in [-0.39, 0.29) is 13.2 Å². The summed E-state index contributed by atoms with van der Waals surface area (Å²) in [6.07, 6.45) is 6.23. The molecule has 19 heavy (non-hydrogen) atoms. The molecule has 2 fully saturated rings. The van der Waals surface area contributed by atoms with Gasteiger partial charge in [-0.2, -0.15) is 0 Å². The van der Waals surface area contributed by atoms with Gasteiger partial charge < -0.3 is 14.9 Å². The second kappa shape index (κ2) is 5.49. The molecule has 0 spiro atoms. The SMILES string of the molecule is O=C(O)C1(COCC2(C(=O)O)CCCC2)CCCC1. The van der Waals surface area contributed by atoms with Crippen LogP contribution in [0.1, 0.15) is 51.4 Å². The first-order valence-electron chi connectivity index (χ1n) is 7.05. The lowest BCUT2D eigenvalue weighted by Crippen LogP contribution is -2.38. The van der Waals surface area contributed by atoms with Crippen molar-refractivity contribution >= 4 is 11.9 Å². The van der Waals surface area contributed by atoms with E-state index in [9.17, 15) is 19.8 Å². The average Bonchev–Trinajstić information content (AvgIpc) is 2.99. The van der Waals surface area contributed by atoms with Crippen LogP contribution in [0.25, 0.3) is 0 Å². The normalized spacial score (nSPS) is 24.4. The molecule has 0 aromatic heterocycles. The molecule has 0 unspecified atom stereocenters. The van der Waals surface area contributed by atoms with Gasteiger partial charge in [-0.25, -0.2) is 0 Å². The topological polar surface area (TPSA) is 83.8 Å². The van der Waals surface area contributed by atoms with Gasteiger partial charge in [0.1, 0.15) is 0 Å². The first-order valence-corrected chi connectivity index (χ1v) is 7.05. The zero-order valence-electron chi connectivity index (χ0n) is 11.2. The molecule has 2 saturated carbocycles. The summed E-state index contributed by atoms with van der Waals surface area (Å²) in [6.45, 7) is 0.300. The highest BCUT2D eigenvalue weighted by Crippen LogP contribution is 2.41. The maximum absolute atomic E-state index is 11.4. The zero-order chi connectivity index (χ0) is 13.9. The van der Waals surface area contributed by atoms with Crippen LogP contribution >= 0.6 is 0 Å². The molecule has 108 valence electrons. The zero-order valence-corrected chi connectivity index (χ0v) is 11.2. The summed E-state index contributed by atoms with van der Waals surface area (Å²) < 4.78 is 5.57. The fourth-order valence-electron chi connectivity index (χ4n) is 3.39. The number of carboxylic acid groups (broad SMARTS) is 2. The van der Waals surface area contributed by atoms with Gasteiger partial charge in [-0.05, 0) is 25.7 Å². The van der Waals surface area contributed by atoms with E-state index < -0.39 is 22.8 Å². The van der Waals surface area contributed by atoms with E-state index in [2.05, 4.69) is 0 Å². The molecule has 0 atom stereocenters. The van der Waals surface area contributed by atoms with Crippen molar-refractivity contribution < 1.29 is 24.5 Å². The number of hydrogen-bond donors (Lipinski definition) is 2. The van der Waals surface area contributed by atoms with Crippen molar-refractivity contribution in [2.75, 3.05) is 13.2 Å². The second-order valence-corrected chi connectivity index (χ2v) is 6.08. The van der Waals surface area contributed by atoms with Crippen LogP contribution in [0.3, 0.4) is 0 Å². The third-order valence-corrected chi connectivity index (χ3v) is 4.79. The van der Waals surface area contributed by atoms with Crippen molar-refractivity contribution in [2.45, 2.75) is 51.4 Å². The van der Waals surface area contributed by atoms with Gasteiger partial charge in [0.05, 0.1) is 24.0 Å². The van der Waals surface area contributed by atoms with Crippen molar-refractivity contribution in [3.63, 3.8) is 0 Å². The van der Waals surface area contributed by atoms with Crippen LogP contribution < -0.4 is 0 Å². The quantitative estimate of drug-likeness (QED) is 0.773. The van der Waals surface area contributed by atoms with Crippen molar-refractivity contribution in [2.24, 2.45) is 10.8 Å². The first-order chi connectivity index (χ1) is 9.01. The summed E-state index contributed by atoms with van der Waals surface area (Å²) in [6, 6.07) is 0. The van der Waals surface area contributed by atoms with Gasteiger partial charge >= 0.3 is 11.9 Å².